The topological polar surface area (TPSA) is 79.4 Å². The van der Waals surface area contributed by atoms with Crippen LogP contribution >= 0.6 is 0 Å². The maximum atomic E-state index is 12.2. The Morgan fingerprint density at radius 1 is 1.17 bits per heavy atom. The Bertz CT molecular complexity index is 583. The van der Waals surface area contributed by atoms with Gasteiger partial charge < -0.3 is 20.3 Å². The highest BCUT2D eigenvalue weighted by atomic mass is 16.6. The number of aromatic nitrogens is 2. The fourth-order valence-corrected chi connectivity index (χ4v) is 2.75. The third-order valence-corrected chi connectivity index (χ3v) is 4.02. The summed E-state index contributed by atoms with van der Waals surface area (Å²) < 4.78 is 5.47. The highest BCUT2D eigenvalue weighted by molar-refractivity contribution is 5.68. The molecule has 1 saturated heterocycles. The van der Waals surface area contributed by atoms with Crippen LogP contribution in [0.2, 0.25) is 0 Å². The molecular formula is C17H27N5O2. The molecule has 0 unspecified atom stereocenters. The molecule has 0 radical (unpaired) electrons. The lowest BCUT2D eigenvalue weighted by Gasteiger charge is -2.34. The minimum absolute atomic E-state index is 0.176. The molecule has 2 N–H and O–H groups in total. The van der Waals surface area contributed by atoms with Gasteiger partial charge in [0.1, 0.15) is 23.6 Å². The molecule has 3 rings (SSSR count). The summed E-state index contributed by atoms with van der Waals surface area (Å²) >= 11 is 0. The Hall–Kier alpha value is -2.05. The number of nitrogens with zero attached hydrogens (tertiary/aromatic N) is 3. The fourth-order valence-electron chi connectivity index (χ4n) is 2.75. The van der Waals surface area contributed by atoms with E-state index in [0.29, 0.717) is 12.6 Å². The number of hydrogen-bond donors (Lipinski definition) is 2. The second-order valence-corrected chi connectivity index (χ2v) is 7.62. The lowest BCUT2D eigenvalue weighted by atomic mass is 10.1. The summed E-state index contributed by atoms with van der Waals surface area (Å²) in [7, 11) is 0. The molecule has 0 spiro atoms. The molecule has 1 aliphatic carbocycles. The average molecular weight is 333 g/mol. The number of ether oxygens (including phenoxy) is 1. The van der Waals surface area contributed by atoms with Gasteiger partial charge >= 0.3 is 6.09 Å². The summed E-state index contributed by atoms with van der Waals surface area (Å²) in [6.45, 7) is 7.04. The molecule has 1 aliphatic heterocycles. The summed E-state index contributed by atoms with van der Waals surface area (Å²) in [6, 6.07) is 2.67. The lowest BCUT2D eigenvalue weighted by molar-refractivity contribution is 0.0206. The zero-order valence-corrected chi connectivity index (χ0v) is 14.7. The molecule has 1 aromatic heterocycles. The molecule has 1 saturated carbocycles. The van der Waals surface area contributed by atoms with E-state index < -0.39 is 5.60 Å². The quantitative estimate of drug-likeness (QED) is 0.882. The van der Waals surface area contributed by atoms with Gasteiger partial charge in [-0.25, -0.2) is 14.8 Å². The molecule has 2 aliphatic rings. The zero-order valence-electron chi connectivity index (χ0n) is 14.7. The molecule has 1 atom stereocenters. The van der Waals surface area contributed by atoms with Gasteiger partial charge in [-0.05, 0) is 46.5 Å². The second kappa shape index (κ2) is 6.83. The van der Waals surface area contributed by atoms with Crippen LogP contribution < -0.4 is 10.6 Å². The lowest BCUT2D eigenvalue weighted by Crippen LogP contribution is -2.47. The molecule has 1 aromatic rings. The summed E-state index contributed by atoms with van der Waals surface area (Å²) in [5.41, 5.74) is -0.465. The SMILES string of the molecule is CC(C)(C)OC(=O)N1CCC[C@@H](Nc2cc(NC3CC3)ncn2)C1. The molecule has 0 bridgehead atoms. The van der Waals surface area contributed by atoms with Crippen molar-refractivity contribution in [3.05, 3.63) is 12.4 Å². The Kier molecular flexibility index (Phi) is 4.78. The summed E-state index contributed by atoms with van der Waals surface area (Å²) in [6.07, 6.45) is 5.71. The van der Waals surface area contributed by atoms with E-state index in [4.69, 9.17) is 4.74 Å². The van der Waals surface area contributed by atoms with E-state index in [1.165, 1.54) is 12.8 Å². The van der Waals surface area contributed by atoms with Gasteiger partial charge in [-0.1, -0.05) is 0 Å². The van der Waals surface area contributed by atoms with Crippen molar-refractivity contribution < 1.29 is 9.53 Å². The van der Waals surface area contributed by atoms with Gasteiger partial charge in [0.25, 0.3) is 0 Å². The van der Waals surface area contributed by atoms with E-state index >= 15 is 0 Å². The number of piperidine rings is 1. The third kappa shape index (κ3) is 4.97. The predicted molar refractivity (Wildman–Crippen MR) is 93.1 cm³/mol. The van der Waals surface area contributed by atoms with Crippen molar-refractivity contribution in [2.24, 2.45) is 0 Å². The average Bonchev–Trinajstić information content (AvgIpc) is 3.30. The van der Waals surface area contributed by atoms with Crippen LogP contribution in [0.25, 0.3) is 0 Å². The monoisotopic (exact) mass is 333 g/mol. The number of anilines is 2. The molecule has 7 nitrogen and oxygen atoms in total. The van der Waals surface area contributed by atoms with E-state index in [2.05, 4.69) is 20.6 Å². The smallest absolute Gasteiger partial charge is 0.410 e. The van der Waals surface area contributed by atoms with Crippen molar-refractivity contribution in [1.29, 1.82) is 0 Å². The normalized spacial score (nSPS) is 21.3. The largest absolute Gasteiger partial charge is 0.444 e. The van der Waals surface area contributed by atoms with Crippen LogP contribution in [0, 0.1) is 0 Å². The van der Waals surface area contributed by atoms with Crippen molar-refractivity contribution in [1.82, 2.24) is 14.9 Å². The van der Waals surface area contributed by atoms with Crippen molar-refractivity contribution >= 4 is 17.7 Å². The first kappa shape index (κ1) is 16.8. The molecule has 1 amide bonds. The van der Waals surface area contributed by atoms with Crippen LogP contribution in [0.4, 0.5) is 16.4 Å². The number of amides is 1. The molecule has 2 heterocycles. The molecule has 7 heteroatoms. The number of nitrogens with one attached hydrogen (secondary N) is 2. The van der Waals surface area contributed by atoms with E-state index in [1.54, 1.807) is 11.2 Å². The van der Waals surface area contributed by atoms with Gasteiger partial charge in [-0.2, -0.15) is 0 Å². The number of carbonyl (C=O) groups is 1. The third-order valence-electron chi connectivity index (χ3n) is 4.02. The summed E-state index contributed by atoms with van der Waals surface area (Å²) in [5.74, 6) is 1.65. The van der Waals surface area contributed by atoms with E-state index in [9.17, 15) is 4.79 Å². The van der Waals surface area contributed by atoms with Crippen molar-refractivity contribution in [3.63, 3.8) is 0 Å². The van der Waals surface area contributed by atoms with E-state index in [1.807, 2.05) is 26.8 Å². The maximum Gasteiger partial charge on any atom is 0.410 e. The van der Waals surface area contributed by atoms with Crippen molar-refractivity contribution in [3.8, 4) is 0 Å². The first-order chi connectivity index (χ1) is 11.4. The molecule has 24 heavy (non-hydrogen) atoms. The van der Waals surface area contributed by atoms with Gasteiger partial charge in [0.05, 0.1) is 0 Å². The van der Waals surface area contributed by atoms with Crippen LogP contribution in [0.15, 0.2) is 12.4 Å². The Labute approximate surface area is 143 Å². The molecule has 132 valence electrons. The Morgan fingerprint density at radius 2 is 1.83 bits per heavy atom. The number of likely N-dealkylation sites (tertiary alicyclic amines) is 1. The zero-order chi connectivity index (χ0) is 17.2. The summed E-state index contributed by atoms with van der Waals surface area (Å²) in [5, 5.41) is 6.79. The van der Waals surface area contributed by atoms with Crippen LogP contribution in [0.3, 0.4) is 0 Å². The van der Waals surface area contributed by atoms with E-state index in [0.717, 1.165) is 31.0 Å². The van der Waals surface area contributed by atoms with Crippen molar-refractivity contribution in [2.45, 2.75) is 64.1 Å². The highest BCUT2D eigenvalue weighted by Crippen LogP contribution is 2.24. The Morgan fingerprint density at radius 3 is 2.46 bits per heavy atom. The highest BCUT2D eigenvalue weighted by Gasteiger charge is 2.28. The van der Waals surface area contributed by atoms with Crippen molar-refractivity contribution in [2.75, 3.05) is 23.7 Å². The van der Waals surface area contributed by atoms with Gasteiger partial charge in [0.2, 0.25) is 0 Å². The second-order valence-electron chi connectivity index (χ2n) is 7.62. The minimum Gasteiger partial charge on any atom is -0.444 e. The van der Waals surface area contributed by atoms with Gasteiger partial charge in [0.15, 0.2) is 0 Å². The van der Waals surface area contributed by atoms with Crippen LogP contribution in [-0.4, -0.2) is 51.7 Å². The Balaban J connectivity index is 1.56. The molecule has 0 aromatic carbocycles. The fraction of sp³-hybridized carbons (Fsp3) is 0.706. The molecular weight excluding hydrogens is 306 g/mol. The standard InChI is InChI=1S/C17H27N5O2/c1-17(2,3)24-16(23)22-8-4-5-13(10-22)21-15-9-14(18-11-19-15)20-12-6-7-12/h9,11-13H,4-8,10H2,1-3H3,(H2,18,19,20,21)/t13-/m1/s1. The number of rotatable bonds is 4. The predicted octanol–water partition coefficient (Wildman–Crippen LogP) is 2.86. The maximum absolute atomic E-state index is 12.2. The van der Waals surface area contributed by atoms with Crippen LogP contribution in [0.1, 0.15) is 46.5 Å². The summed E-state index contributed by atoms with van der Waals surface area (Å²) in [4.78, 5) is 22.6. The van der Waals surface area contributed by atoms with Gasteiger partial charge in [-0.15, -0.1) is 0 Å². The van der Waals surface area contributed by atoms with Crippen LogP contribution in [-0.2, 0) is 4.74 Å². The number of carbonyl (C=O) groups excluding carboxylic acids is 1. The van der Waals surface area contributed by atoms with Crippen LogP contribution in [0.5, 0.6) is 0 Å². The van der Waals surface area contributed by atoms with Gasteiger partial charge in [0, 0.05) is 31.2 Å². The van der Waals surface area contributed by atoms with Gasteiger partial charge in [-0.3, -0.25) is 0 Å². The minimum atomic E-state index is -0.465. The number of hydrogen-bond acceptors (Lipinski definition) is 6. The first-order valence-electron chi connectivity index (χ1n) is 8.72. The molecule has 2 fully saturated rings. The van der Waals surface area contributed by atoms with E-state index in [-0.39, 0.29) is 12.1 Å². The first-order valence-corrected chi connectivity index (χ1v) is 8.72.